The van der Waals surface area contributed by atoms with Gasteiger partial charge < -0.3 is 4.90 Å². The van der Waals surface area contributed by atoms with Crippen molar-refractivity contribution in [2.24, 2.45) is 11.8 Å². The second kappa shape index (κ2) is 7.15. The molecular formula is C15H21FN2O3. The Kier molecular flexibility index (Phi) is 5.81. The van der Waals surface area contributed by atoms with Crippen LogP contribution in [0, 0.1) is 27.8 Å². The van der Waals surface area contributed by atoms with Gasteiger partial charge in [-0.1, -0.05) is 27.7 Å². The van der Waals surface area contributed by atoms with Gasteiger partial charge in [-0.15, -0.1) is 0 Å². The van der Waals surface area contributed by atoms with Gasteiger partial charge in [0.05, 0.1) is 10.5 Å². The fraction of sp³-hybridized carbons (Fsp3) is 0.533. The van der Waals surface area contributed by atoms with E-state index < -0.39 is 16.6 Å². The summed E-state index contributed by atoms with van der Waals surface area (Å²) in [4.78, 5) is 24.2. The van der Waals surface area contributed by atoms with Crippen LogP contribution in [0.15, 0.2) is 18.2 Å². The zero-order valence-electron chi connectivity index (χ0n) is 12.8. The van der Waals surface area contributed by atoms with Crippen LogP contribution in [0.3, 0.4) is 0 Å². The molecule has 0 N–H and O–H groups in total. The van der Waals surface area contributed by atoms with Gasteiger partial charge in [-0.2, -0.15) is 0 Å². The standard InChI is InChI=1S/C15H21FN2O3/c1-10(2)8-17(9-11(3)4)15(19)13-7-12(18(20)21)5-6-14(13)16/h5-7,10-11H,8-9H2,1-4H3. The van der Waals surface area contributed by atoms with E-state index in [1.807, 2.05) is 27.7 Å². The number of nitro benzene ring substituents is 1. The lowest BCUT2D eigenvalue weighted by molar-refractivity contribution is -0.384. The molecule has 1 amide bonds. The Hall–Kier alpha value is -1.98. The van der Waals surface area contributed by atoms with Gasteiger partial charge in [-0.05, 0) is 17.9 Å². The molecule has 0 atom stereocenters. The Morgan fingerprint density at radius 3 is 2.19 bits per heavy atom. The third kappa shape index (κ3) is 4.81. The maximum atomic E-state index is 13.8. The monoisotopic (exact) mass is 296 g/mol. The maximum absolute atomic E-state index is 13.8. The van der Waals surface area contributed by atoms with Crippen molar-refractivity contribution >= 4 is 11.6 Å². The van der Waals surface area contributed by atoms with Crippen LogP contribution in [-0.2, 0) is 0 Å². The van der Waals surface area contributed by atoms with Gasteiger partial charge >= 0.3 is 0 Å². The first kappa shape index (κ1) is 17.1. The van der Waals surface area contributed by atoms with Crippen LogP contribution in [0.2, 0.25) is 0 Å². The molecule has 1 aromatic rings. The van der Waals surface area contributed by atoms with Gasteiger partial charge in [0.1, 0.15) is 5.82 Å². The molecule has 0 bridgehead atoms. The number of hydrogen-bond acceptors (Lipinski definition) is 3. The molecule has 0 aliphatic rings. The van der Waals surface area contributed by atoms with Gasteiger partial charge in [-0.3, -0.25) is 14.9 Å². The minimum atomic E-state index is -0.733. The maximum Gasteiger partial charge on any atom is 0.270 e. The molecule has 0 saturated carbocycles. The zero-order chi connectivity index (χ0) is 16.2. The number of carbonyl (C=O) groups excluding carboxylic acids is 1. The summed E-state index contributed by atoms with van der Waals surface area (Å²) in [6.07, 6.45) is 0. The van der Waals surface area contributed by atoms with E-state index >= 15 is 0 Å². The van der Waals surface area contributed by atoms with Gasteiger partial charge in [0, 0.05) is 25.2 Å². The molecule has 0 fully saturated rings. The lowest BCUT2D eigenvalue weighted by Crippen LogP contribution is -2.37. The lowest BCUT2D eigenvalue weighted by Gasteiger charge is -2.26. The second-order valence-electron chi connectivity index (χ2n) is 5.92. The Bertz CT molecular complexity index is 520. The number of amides is 1. The molecule has 0 aromatic heterocycles. The van der Waals surface area contributed by atoms with E-state index in [1.165, 1.54) is 0 Å². The first-order chi connectivity index (χ1) is 9.72. The van der Waals surface area contributed by atoms with Gasteiger partial charge in [-0.25, -0.2) is 4.39 Å². The van der Waals surface area contributed by atoms with Crippen LogP contribution in [0.25, 0.3) is 0 Å². The molecule has 5 nitrogen and oxygen atoms in total. The van der Waals surface area contributed by atoms with E-state index in [4.69, 9.17) is 0 Å². The molecule has 0 saturated heterocycles. The molecule has 0 aliphatic carbocycles. The minimum Gasteiger partial charge on any atom is -0.338 e. The number of rotatable bonds is 6. The second-order valence-corrected chi connectivity index (χ2v) is 5.92. The fourth-order valence-corrected chi connectivity index (χ4v) is 2.08. The summed E-state index contributed by atoms with van der Waals surface area (Å²) in [5.74, 6) is -0.773. The summed E-state index contributed by atoms with van der Waals surface area (Å²) in [5.41, 5.74) is -0.528. The van der Waals surface area contributed by atoms with Crippen LogP contribution < -0.4 is 0 Å². The number of halogens is 1. The highest BCUT2D eigenvalue weighted by Gasteiger charge is 2.23. The highest BCUT2D eigenvalue weighted by Crippen LogP contribution is 2.19. The molecular weight excluding hydrogens is 275 g/mol. The van der Waals surface area contributed by atoms with Crippen molar-refractivity contribution < 1.29 is 14.1 Å². The molecule has 0 spiro atoms. The minimum absolute atomic E-state index is 0.231. The fourth-order valence-electron chi connectivity index (χ4n) is 2.08. The smallest absolute Gasteiger partial charge is 0.270 e. The Morgan fingerprint density at radius 2 is 1.76 bits per heavy atom. The van der Waals surface area contributed by atoms with E-state index in [0.29, 0.717) is 13.1 Å². The number of carbonyl (C=O) groups is 1. The van der Waals surface area contributed by atoms with E-state index in [2.05, 4.69) is 0 Å². The van der Waals surface area contributed by atoms with Gasteiger partial charge in [0.25, 0.3) is 11.6 Å². The number of hydrogen-bond donors (Lipinski definition) is 0. The van der Waals surface area contributed by atoms with Crippen LogP contribution in [0.5, 0.6) is 0 Å². The van der Waals surface area contributed by atoms with Crippen molar-refractivity contribution in [3.8, 4) is 0 Å². The van der Waals surface area contributed by atoms with E-state index in [1.54, 1.807) is 4.90 Å². The SMILES string of the molecule is CC(C)CN(CC(C)C)C(=O)c1cc([N+](=O)[O-])ccc1F. The molecule has 21 heavy (non-hydrogen) atoms. The number of nitrogens with zero attached hydrogens (tertiary/aromatic N) is 2. The number of non-ortho nitro benzene ring substituents is 1. The highest BCUT2D eigenvalue weighted by molar-refractivity contribution is 5.95. The summed E-state index contributed by atoms with van der Waals surface area (Å²) < 4.78 is 13.8. The summed E-state index contributed by atoms with van der Waals surface area (Å²) in [6.45, 7) is 8.82. The van der Waals surface area contributed by atoms with E-state index in [9.17, 15) is 19.3 Å². The summed E-state index contributed by atoms with van der Waals surface area (Å²) >= 11 is 0. The van der Waals surface area contributed by atoms with E-state index in [-0.39, 0.29) is 23.1 Å². The molecule has 116 valence electrons. The highest BCUT2D eigenvalue weighted by atomic mass is 19.1. The van der Waals surface area contributed by atoms with Crippen LogP contribution in [0.1, 0.15) is 38.1 Å². The Morgan fingerprint density at radius 1 is 1.24 bits per heavy atom. The predicted octanol–water partition coefficient (Wildman–Crippen LogP) is 3.49. The van der Waals surface area contributed by atoms with Crippen molar-refractivity contribution in [2.75, 3.05) is 13.1 Å². The van der Waals surface area contributed by atoms with Crippen LogP contribution in [0.4, 0.5) is 10.1 Å². The molecule has 1 aromatic carbocycles. The lowest BCUT2D eigenvalue weighted by atomic mass is 10.1. The first-order valence-corrected chi connectivity index (χ1v) is 6.95. The Labute approximate surface area is 123 Å². The van der Waals surface area contributed by atoms with Crippen LogP contribution in [-0.4, -0.2) is 28.8 Å². The predicted molar refractivity (Wildman–Crippen MR) is 78.6 cm³/mol. The number of benzene rings is 1. The topological polar surface area (TPSA) is 63.5 Å². The Balaban J connectivity index is 3.12. The molecule has 1 rings (SSSR count). The summed E-state index contributed by atoms with van der Waals surface area (Å²) in [6, 6.07) is 3.03. The third-order valence-corrected chi connectivity index (χ3v) is 2.85. The van der Waals surface area contributed by atoms with Crippen molar-refractivity contribution in [3.05, 3.63) is 39.7 Å². The zero-order valence-corrected chi connectivity index (χ0v) is 12.8. The van der Waals surface area contributed by atoms with Gasteiger partial charge in [0.2, 0.25) is 0 Å². The molecule has 0 aliphatic heterocycles. The third-order valence-electron chi connectivity index (χ3n) is 2.85. The molecule has 6 heteroatoms. The van der Waals surface area contributed by atoms with Crippen molar-refractivity contribution in [1.29, 1.82) is 0 Å². The molecule has 0 heterocycles. The largest absolute Gasteiger partial charge is 0.338 e. The average molecular weight is 296 g/mol. The van der Waals surface area contributed by atoms with Crippen molar-refractivity contribution in [2.45, 2.75) is 27.7 Å². The van der Waals surface area contributed by atoms with Crippen LogP contribution >= 0.6 is 0 Å². The van der Waals surface area contributed by atoms with E-state index in [0.717, 1.165) is 18.2 Å². The first-order valence-electron chi connectivity index (χ1n) is 6.95. The normalized spacial score (nSPS) is 11.0. The van der Waals surface area contributed by atoms with Gasteiger partial charge in [0.15, 0.2) is 0 Å². The summed E-state index contributed by atoms with van der Waals surface area (Å²) in [7, 11) is 0. The number of nitro groups is 1. The molecule has 0 unspecified atom stereocenters. The average Bonchev–Trinajstić information content (AvgIpc) is 2.36. The summed E-state index contributed by atoms with van der Waals surface area (Å²) in [5, 5.41) is 10.8. The van der Waals surface area contributed by atoms with Crippen molar-refractivity contribution in [1.82, 2.24) is 4.90 Å². The quantitative estimate of drug-likeness (QED) is 0.596. The van der Waals surface area contributed by atoms with Crippen molar-refractivity contribution in [3.63, 3.8) is 0 Å². The molecule has 0 radical (unpaired) electrons.